The van der Waals surface area contributed by atoms with Gasteiger partial charge in [-0.2, -0.15) is 5.10 Å². The third-order valence-electron chi connectivity index (χ3n) is 4.25. The normalized spacial score (nSPS) is 11.2. The van der Waals surface area contributed by atoms with Crippen LogP contribution in [-0.4, -0.2) is 20.2 Å². The summed E-state index contributed by atoms with van der Waals surface area (Å²) in [5.74, 6) is 0. The van der Waals surface area contributed by atoms with Crippen molar-refractivity contribution >= 4 is 10.9 Å². The van der Waals surface area contributed by atoms with Crippen LogP contribution in [0.5, 0.6) is 0 Å². The predicted octanol–water partition coefficient (Wildman–Crippen LogP) is 3.91. The number of nitrogens with one attached hydrogen (secondary N) is 2. The number of rotatable bonds is 2. The molecule has 0 aliphatic carbocycles. The number of aromatic amines is 2. The van der Waals surface area contributed by atoms with Gasteiger partial charge in [-0.15, -0.1) is 0 Å². The number of aromatic nitrogens is 4. The second-order valence-corrected chi connectivity index (χ2v) is 6.41. The summed E-state index contributed by atoms with van der Waals surface area (Å²) in [6.07, 6.45) is 0. The molecule has 0 amide bonds. The first-order valence-electron chi connectivity index (χ1n) is 8.15. The highest BCUT2D eigenvalue weighted by Gasteiger charge is 2.11. The van der Waals surface area contributed by atoms with Crippen molar-refractivity contribution in [1.82, 2.24) is 20.2 Å². The molecule has 0 atom stereocenters. The largest absolute Gasteiger partial charge is 0.354 e. The maximum Gasteiger partial charge on any atom is 0.273 e. The zero-order valence-electron chi connectivity index (χ0n) is 14.3. The van der Waals surface area contributed by atoms with Crippen molar-refractivity contribution in [2.45, 2.75) is 20.8 Å². The van der Waals surface area contributed by atoms with Gasteiger partial charge >= 0.3 is 0 Å². The molecule has 4 rings (SSSR count). The number of fused-ring (bicyclic) bond motifs is 1. The zero-order valence-corrected chi connectivity index (χ0v) is 14.3. The Morgan fingerprint density at radius 1 is 0.920 bits per heavy atom. The van der Waals surface area contributed by atoms with Gasteiger partial charge in [-0.05, 0) is 57.2 Å². The van der Waals surface area contributed by atoms with Gasteiger partial charge in [-0.25, -0.2) is 5.10 Å². The maximum absolute atomic E-state index is 12.3. The van der Waals surface area contributed by atoms with Crippen LogP contribution in [-0.2, 0) is 0 Å². The minimum atomic E-state index is -0.213. The molecule has 0 saturated carbocycles. The number of hydrogen-bond acceptors (Lipinski definition) is 3. The lowest BCUT2D eigenvalue weighted by molar-refractivity contribution is 0.993. The van der Waals surface area contributed by atoms with Crippen LogP contribution in [0.15, 0.2) is 47.3 Å². The van der Waals surface area contributed by atoms with Gasteiger partial charge < -0.3 is 4.98 Å². The van der Waals surface area contributed by atoms with E-state index < -0.39 is 0 Å². The Balaban J connectivity index is 1.88. The molecule has 3 heterocycles. The zero-order chi connectivity index (χ0) is 17.6. The van der Waals surface area contributed by atoms with E-state index in [2.05, 4.69) is 33.2 Å². The maximum atomic E-state index is 12.3. The van der Waals surface area contributed by atoms with E-state index in [4.69, 9.17) is 0 Å². The van der Waals surface area contributed by atoms with Crippen molar-refractivity contribution in [3.8, 4) is 22.5 Å². The molecule has 0 spiro atoms. The van der Waals surface area contributed by atoms with E-state index in [9.17, 15) is 4.79 Å². The minimum absolute atomic E-state index is 0.213. The summed E-state index contributed by atoms with van der Waals surface area (Å²) in [6.45, 7) is 5.95. The van der Waals surface area contributed by atoms with E-state index in [1.807, 2.05) is 50.2 Å². The molecule has 5 heteroatoms. The van der Waals surface area contributed by atoms with E-state index in [-0.39, 0.29) is 5.56 Å². The lowest BCUT2D eigenvalue weighted by atomic mass is 10.1. The number of nitrogens with zero attached hydrogens (tertiary/aromatic N) is 2. The van der Waals surface area contributed by atoms with Crippen molar-refractivity contribution in [2.75, 3.05) is 0 Å². The summed E-state index contributed by atoms with van der Waals surface area (Å²) in [5, 5.41) is 7.91. The fraction of sp³-hybridized carbons (Fsp3) is 0.150. The molecular formula is C20H18N4O. The van der Waals surface area contributed by atoms with Crippen molar-refractivity contribution < 1.29 is 0 Å². The quantitative estimate of drug-likeness (QED) is 0.585. The second-order valence-electron chi connectivity index (χ2n) is 6.41. The topological polar surface area (TPSA) is 74.4 Å². The summed E-state index contributed by atoms with van der Waals surface area (Å²) in [6, 6.07) is 13.9. The lowest BCUT2D eigenvalue weighted by Crippen LogP contribution is -2.11. The first-order chi connectivity index (χ1) is 12.0. The van der Waals surface area contributed by atoms with Crippen molar-refractivity contribution in [2.24, 2.45) is 0 Å². The van der Waals surface area contributed by atoms with E-state index in [1.54, 1.807) is 0 Å². The molecule has 3 aromatic heterocycles. The van der Waals surface area contributed by atoms with Crippen molar-refractivity contribution in [3.63, 3.8) is 0 Å². The molecule has 0 saturated heterocycles. The highest BCUT2D eigenvalue weighted by atomic mass is 16.1. The van der Waals surface area contributed by atoms with E-state index >= 15 is 0 Å². The monoisotopic (exact) mass is 330 g/mol. The smallest absolute Gasteiger partial charge is 0.273 e. The first-order valence-corrected chi connectivity index (χ1v) is 8.15. The molecule has 2 N–H and O–H groups in total. The fourth-order valence-corrected chi connectivity index (χ4v) is 3.13. The molecule has 0 fully saturated rings. The molecular weight excluding hydrogens is 312 g/mol. The third kappa shape index (κ3) is 2.85. The first kappa shape index (κ1) is 15.3. The minimum Gasteiger partial charge on any atom is -0.354 e. The van der Waals surface area contributed by atoms with E-state index in [0.717, 1.165) is 39.2 Å². The molecule has 5 nitrogen and oxygen atoms in total. The second kappa shape index (κ2) is 5.70. The summed E-state index contributed by atoms with van der Waals surface area (Å²) in [7, 11) is 0. The van der Waals surface area contributed by atoms with Gasteiger partial charge in [0, 0.05) is 27.9 Å². The van der Waals surface area contributed by atoms with Crippen LogP contribution in [0.1, 0.15) is 17.0 Å². The SMILES string of the molecule is Cc1ccc2[nH]c(-c3cc(-c4cc(C)nc(C)c4)n[nH]c3=O)cc2c1. The Morgan fingerprint density at radius 3 is 2.44 bits per heavy atom. The molecule has 0 aliphatic heterocycles. The standard InChI is InChI=1S/C20H18N4O/c1-11-4-5-17-14(6-11)9-19(22-17)16-10-18(23-24-20(16)25)15-7-12(2)21-13(3)8-15/h4-10,22H,1-3H3,(H,24,25). The number of H-pyrrole nitrogens is 2. The Kier molecular flexibility index (Phi) is 3.50. The van der Waals surface area contributed by atoms with Gasteiger partial charge in [0.2, 0.25) is 0 Å². The van der Waals surface area contributed by atoms with Crippen molar-refractivity contribution in [3.05, 3.63) is 69.8 Å². The van der Waals surface area contributed by atoms with Crippen LogP contribution in [0.3, 0.4) is 0 Å². The Morgan fingerprint density at radius 2 is 1.68 bits per heavy atom. The van der Waals surface area contributed by atoms with E-state index in [1.165, 1.54) is 5.56 Å². The summed E-state index contributed by atoms with van der Waals surface area (Å²) >= 11 is 0. The molecule has 4 aromatic rings. The van der Waals surface area contributed by atoms with Crippen LogP contribution in [0, 0.1) is 20.8 Å². The van der Waals surface area contributed by atoms with E-state index in [0.29, 0.717) is 5.56 Å². The Labute approximate surface area is 144 Å². The lowest BCUT2D eigenvalue weighted by Gasteiger charge is -2.05. The Bertz CT molecular complexity index is 1130. The van der Waals surface area contributed by atoms with Crippen LogP contribution < -0.4 is 5.56 Å². The average Bonchev–Trinajstić information content (AvgIpc) is 2.97. The van der Waals surface area contributed by atoms with Crippen LogP contribution >= 0.6 is 0 Å². The fourth-order valence-electron chi connectivity index (χ4n) is 3.13. The summed E-state index contributed by atoms with van der Waals surface area (Å²) < 4.78 is 0. The highest BCUT2D eigenvalue weighted by molar-refractivity contribution is 5.86. The molecule has 124 valence electrons. The van der Waals surface area contributed by atoms with Gasteiger partial charge in [0.15, 0.2) is 0 Å². The highest BCUT2D eigenvalue weighted by Crippen LogP contribution is 2.25. The van der Waals surface area contributed by atoms with Crippen LogP contribution in [0.25, 0.3) is 33.4 Å². The predicted molar refractivity (Wildman–Crippen MR) is 99.6 cm³/mol. The number of pyridine rings is 1. The number of aryl methyl sites for hydroxylation is 3. The third-order valence-corrected chi connectivity index (χ3v) is 4.25. The molecule has 1 aromatic carbocycles. The van der Waals surface area contributed by atoms with Gasteiger partial charge in [0.05, 0.1) is 17.0 Å². The van der Waals surface area contributed by atoms with Crippen LogP contribution in [0.2, 0.25) is 0 Å². The van der Waals surface area contributed by atoms with Gasteiger partial charge in [-0.3, -0.25) is 9.78 Å². The average molecular weight is 330 g/mol. The van der Waals surface area contributed by atoms with Gasteiger partial charge in [0.25, 0.3) is 5.56 Å². The number of benzene rings is 1. The molecule has 0 bridgehead atoms. The van der Waals surface area contributed by atoms with Crippen LogP contribution in [0.4, 0.5) is 0 Å². The molecule has 0 radical (unpaired) electrons. The Hall–Kier alpha value is -3.21. The van der Waals surface area contributed by atoms with Crippen molar-refractivity contribution in [1.29, 1.82) is 0 Å². The molecule has 25 heavy (non-hydrogen) atoms. The molecule has 0 aliphatic rings. The number of hydrogen-bond donors (Lipinski definition) is 2. The summed E-state index contributed by atoms with van der Waals surface area (Å²) in [5.41, 5.74) is 6.84. The van der Waals surface area contributed by atoms with Gasteiger partial charge in [0.1, 0.15) is 0 Å². The van der Waals surface area contributed by atoms with Gasteiger partial charge in [-0.1, -0.05) is 11.6 Å². The molecule has 0 unspecified atom stereocenters. The summed E-state index contributed by atoms with van der Waals surface area (Å²) in [4.78, 5) is 20.0.